The largest absolute Gasteiger partial charge is 0.390 e. The molecule has 31 heavy (non-hydrogen) atoms. The minimum absolute atomic E-state index is 0.129. The van der Waals surface area contributed by atoms with Crippen LogP contribution in [0.4, 0.5) is 0 Å². The van der Waals surface area contributed by atoms with Crippen LogP contribution in [0.3, 0.4) is 0 Å². The molecule has 9 heteroatoms. The fourth-order valence-corrected chi connectivity index (χ4v) is 4.89. The van der Waals surface area contributed by atoms with Gasteiger partial charge >= 0.3 is 0 Å². The number of pyridine rings is 1. The number of aromatic nitrogens is 5. The standard InChI is InChI=1S/C22H33N7O2/c1-17(2)19(15-30)28-12-8-22(9-13-28)6-10-27(11-7-22)14-20(31)18-4-3-5-21(24-18)29-16-23-25-26-29/h3-5,16,20,30-31H,6-15H2,1-2H3/t20-/m0/s1. The Balaban J connectivity index is 1.30. The third-order valence-corrected chi connectivity index (χ3v) is 6.96. The van der Waals surface area contributed by atoms with Gasteiger partial charge in [-0.25, -0.2) is 4.98 Å². The van der Waals surface area contributed by atoms with E-state index < -0.39 is 6.10 Å². The zero-order valence-corrected chi connectivity index (χ0v) is 18.5. The number of hydrogen-bond acceptors (Lipinski definition) is 8. The summed E-state index contributed by atoms with van der Waals surface area (Å²) in [5.41, 5.74) is 3.34. The SMILES string of the molecule is CC(C)=C(CO)N1CCC2(CCN(C[C@H](O)c3cccc(-n4cnnn4)n3)CC2)CC1. The Morgan fingerprint density at radius 1 is 1.10 bits per heavy atom. The van der Waals surface area contributed by atoms with Gasteiger partial charge in [-0.1, -0.05) is 11.6 Å². The van der Waals surface area contributed by atoms with Crippen LogP contribution in [0.5, 0.6) is 0 Å². The Kier molecular flexibility index (Phi) is 6.64. The summed E-state index contributed by atoms with van der Waals surface area (Å²) in [5, 5.41) is 31.6. The molecular formula is C22H33N7O2. The average molecular weight is 428 g/mol. The quantitative estimate of drug-likeness (QED) is 0.716. The highest BCUT2D eigenvalue weighted by atomic mass is 16.3. The topological polar surface area (TPSA) is 103 Å². The highest BCUT2D eigenvalue weighted by Crippen LogP contribution is 2.42. The third kappa shape index (κ3) is 4.94. The second-order valence-corrected chi connectivity index (χ2v) is 9.08. The average Bonchev–Trinajstić information content (AvgIpc) is 3.32. The van der Waals surface area contributed by atoms with Gasteiger partial charge in [0, 0.05) is 25.3 Å². The summed E-state index contributed by atoms with van der Waals surface area (Å²) in [6.45, 7) is 8.91. The molecule has 0 saturated carbocycles. The molecule has 2 saturated heterocycles. The van der Waals surface area contributed by atoms with Gasteiger partial charge in [-0.05, 0) is 80.6 Å². The Morgan fingerprint density at radius 2 is 1.81 bits per heavy atom. The van der Waals surface area contributed by atoms with Crippen LogP contribution < -0.4 is 0 Å². The number of likely N-dealkylation sites (tertiary alicyclic amines) is 2. The van der Waals surface area contributed by atoms with Crippen molar-refractivity contribution < 1.29 is 10.2 Å². The molecule has 2 aliphatic heterocycles. The molecule has 0 radical (unpaired) electrons. The first-order chi connectivity index (χ1) is 15.0. The molecule has 2 aliphatic rings. The zero-order valence-electron chi connectivity index (χ0n) is 18.5. The van der Waals surface area contributed by atoms with Gasteiger partial charge in [0.1, 0.15) is 12.4 Å². The monoisotopic (exact) mass is 427 g/mol. The van der Waals surface area contributed by atoms with E-state index in [0.717, 1.165) is 44.7 Å². The van der Waals surface area contributed by atoms with Gasteiger partial charge in [0.2, 0.25) is 0 Å². The molecule has 4 heterocycles. The Hall–Kier alpha value is -2.36. The predicted molar refractivity (Wildman–Crippen MR) is 116 cm³/mol. The molecule has 0 aliphatic carbocycles. The van der Waals surface area contributed by atoms with Crippen molar-refractivity contribution in [3.63, 3.8) is 0 Å². The smallest absolute Gasteiger partial charge is 0.157 e. The molecule has 9 nitrogen and oxygen atoms in total. The van der Waals surface area contributed by atoms with E-state index in [4.69, 9.17) is 0 Å². The van der Waals surface area contributed by atoms with Crippen LogP contribution in [-0.2, 0) is 0 Å². The van der Waals surface area contributed by atoms with Crippen LogP contribution in [0, 0.1) is 5.41 Å². The summed E-state index contributed by atoms with van der Waals surface area (Å²) < 4.78 is 1.49. The maximum atomic E-state index is 10.8. The van der Waals surface area contributed by atoms with Crippen molar-refractivity contribution >= 4 is 0 Å². The Morgan fingerprint density at radius 3 is 2.42 bits per heavy atom. The molecule has 2 aromatic heterocycles. The number of piperidine rings is 2. The second-order valence-electron chi connectivity index (χ2n) is 9.08. The first-order valence-corrected chi connectivity index (χ1v) is 11.1. The summed E-state index contributed by atoms with van der Waals surface area (Å²) >= 11 is 0. The van der Waals surface area contributed by atoms with Crippen LogP contribution in [0.1, 0.15) is 51.3 Å². The molecule has 1 atom stereocenters. The van der Waals surface area contributed by atoms with Crippen molar-refractivity contribution in [2.75, 3.05) is 39.3 Å². The maximum Gasteiger partial charge on any atom is 0.157 e. The lowest BCUT2D eigenvalue weighted by atomic mass is 9.71. The van der Waals surface area contributed by atoms with Crippen LogP contribution in [0.15, 0.2) is 35.8 Å². The predicted octanol–water partition coefficient (Wildman–Crippen LogP) is 1.55. The van der Waals surface area contributed by atoms with Gasteiger partial charge < -0.3 is 20.0 Å². The number of nitrogens with zero attached hydrogens (tertiary/aromatic N) is 7. The van der Waals surface area contributed by atoms with E-state index in [0.29, 0.717) is 23.5 Å². The number of β-amino-alcohol motifs (C(OH)–C–C–N with tert-alkyl or cyclic N) is 1. The molecule has 0 amide bonds. The van der Waals surface area contributed by atoms with Gasteiger partial charge in [-0.2, -0.15) is 4.68 Å². The first-order valence-electron chi connectivity index (χ1n) is 11.1. The maximum absolute atomic E-state index is 10.8. The molecular weight excluding hydrogens is 394 g/mol. The lowest BCUT2D eigenvalue weighted by Crippen LogP contribution is -2.47. The van der Waals surface area contributed by atoms with E-state index >= 15 is 0 Å². The third-order valence-electron chi connectivity index (χ3n) is 6.96. The molecule has 168 valence electrons. The first kappa shape index (κ1) is 21.9. The van der Waals surface area contributed by atoms with Crippen LogP contribution in [0.2, 0.25) is 0 Å². The van der Waals surface area contributed by atoms with Gasteiger partial charge in [0.15, 0.2) is 5.82 Å². The molecule has 2 aromatic rings. The van der Waals surface area contributed by atoms with E-state index in [1.165, 1.54) is 29.4 Å². The van der Waals surface area contributed by atoms with Crippen LogP contribution in [-0.4, -0.2) is 84.5 Å². The molecule has 2 fully saturated rings. The van der Waals surface area contributed by atoms with Crippen molar-refractivity contribution in [2.45, 2.75) is 45.6 Å². The number of allylic oxidation sites excluding steroid dienone is 1. The summed E-state index contributed by atoms with van der Waals surface area (Å²) in [6, 6.07) is 5.54. The highest BCUT2D eigenvalue weighted by Gasteiger charge is 2.38. The summed E-state index contributed by atoms with van der Waals surface area (Å²) in [7, 11) is 0. The number of aliphatic hydroxyl groups excluding tert-OH is 2. The highest BCUT2D eigenvalue weighted by molar-refractivity contribution is 5.23. The van der Waals surface area contributed by atoms with Gasteiger partial charge in [0.25, 0.3) is 0 Å². The van der Waals surface area contributed by atoms with E-state index in [1.54, 1.807) is 0 Å². The Bertz CT molecular complexity index is 877. The number of rotatable bonds is 6. The lowest BCUT2D eigenvalue weighted by molar-refractivity contribution is 0.0213. The fraction of sp³-hybridized carbons (Fsp3) is 0.636. The van der Waals surface area contributed by atoms with Crippen molar-refractivity contribution in [2.24, 2.45) is 5.41 Å². The second kappa shape index (κ2) is 9.42. The van der Waals surface area contributed by atoms with E-state index in [2.05, 4.69) is 44.2 Å². The van der Waals surface area contributed by atoms with Crippen molar-refractivity contribution in [3.8, 4) is 5.82 Å². The Labute approximate surface area is 183 Å². The van der Waals surface area contributed by atoms with E-state index in [1.807, 2.05) is 18.2 Å². The fourth-order valence-electron chi connectivity index (χ4n) is 4.89. The summed E-state index contributed by atoms with van der Waals surface area (Å²) in [6.07, 6.45) is 5.53. The summed E-state index contributed by atoms with van der Waals surface area (Å²) in [5.74, 6) is 0.601. The molecule has 0 aromatic carbocycles. The molecule has 0 bridgehead atoms. The minimum Gasteiger partial charge on any atom is -0.390 e. The normalized spacial score (nSPS) is 20.1. The number of hydrogen-bond donors (Lipinski definition) is 2. The molecule has 1 spiro atoms. The van der Waals surface area contributed by atoms with Gasteiger partial charge in [-0.3, -0.25) is 0 Å². The number of tetrazole rings is 1. The van der Waals surface area contributed by atoms with Gasteiger partial charge in [-0.15, -0.1) is 5.10 Å². The van der Waals surface area contributed by atoms with Crippen molar-refractivity contribution in [1.82, 2.24) is 35.0 Å². The van der Waals surface area contributed by atoms with Gasteiger partial charge in [0.05, 0.1) is 12.3 Å². The van der Waals surface area contributed by atoms with Crippen LogP contribution in [0.25, 0.3) is 5.82 Å². The van der Waals surface area contributed by atoms with E-state index in [-0.39, 0.29) is 6.61 Å². The number of aliphatic hydroxyl groups is 2. The van der Waals surface area contributed by atoms with Crippen LogP contribution >= 0.6 is 0 Å². The van der Waals surface area contributed by atoms with E-state index in [9.17, 15) is 10.2 Å². The molecule has 0 unspecified atom stereocenters. The van der Waals surface area contributed by atoms with Crippen molar-refractivity contribution in [1.29, 1.82) is 0 Å². The molecule has 4 rings (SSSR count). The zero-order chi connectivity index (χ0) is 21.8. The summed E-state index contributed by atoms with van der Waals surface area (Å²) in [4.78, 5) is 9.24. The molecule has 2 N–H and O–H groups in total. The van der Waals surface area contributed by atoms with Crippen molar-refractivity contribution in [3.05, 3.63) is 41.5 Å². The minimum atomic E-state index is -0.642. The lowest BCUT2D eigenvalue weighted by Gasteiger charge is -2.48.